The number of aromatic nitrogens is 1. The van der Waals surface area contributed by atoms with Crippen molar-refractivity contribution in [3.05, 3.63) is 124 Å². The number of thiazole rings is 1. The highest BCUT2D eigenvalue weighted by atomic mass is 35.5. The highest BCUT2D eigenvalue weighted by Gasteiger charge is 2.36. The smallest absolute Gasteiger partial charge is 0.338 e. The van der Waals surface area contributed by atoms with Crippen molar-refractivity contribution in [3.63, 3.8) is 0 Å². The molecule has 11 heteroatoms. The van der Waals surface area contributed by atoms with Gasteiger partial charge in [0.05, 0.1) is 41.2 Å². The summed E-state index contributed by atoms with van der Waals surface area (Å²) in [5.41, 5.74) is 3.02. The molecule has 230 valence electrons. The van der Waals surface area contributed by atoms with Crippen LogP contribution in [-0.4, -0.2) is 24.3 Å². The first kappa shape index (κ1) is 32.0. The van der Waals surface area contributed by atoms with Gasteiger partial charge >= 0.3 is 5.97 Å². The predicted molar refractivity (Wildman–Crippen MR) is 175 cm³/mol. The van der Waals surface area contributed by atoms with Gasteiger partial charge in [-0.25, -0.2) is 9.79 Å². The zero-order valence-corrected chi connectivity index (χ0v) is 27.1. The van der Waals surface area contributed by atoms with Crippen LogP contribution in [0.5, 0.6) is 11.5 Å². The third-order valence-electron chi connectivity index (χ3n) is 7.11. The number of esters is 1. The fraction of sp³-hybridized carbons (Fsp3) is 0.235. The van der Waals surface area contributed by atoms with Crippen molar-refractivity contribution in [1.29, 1.82) is 5.26 Å². The van der Waals surface area contributed by atoms with E-state index in [0.29, 0.717) is 59.7 Å². The third-order valence-corrected chi connectivity index (χ3v) is 8.57. The molecular weight excluding hydrogens is 633 g/mol. The van der Waals surface area contributed by atoms with Gasteiger partial charge in [-0.2, -0.15) is 5.26 Å². The SMILES string of the molecule is CCCC1=C(C(=O)OCC)[C@H](c2cc(Cl)ccc2OC)n2c(s/c(=C/c3cc(Cl)ccc3OCc3ccc(C#N)cc3)c2=O)=N1. The molecule has 4 aromatic rings. The van der Waals surface area contributed by atoms with Gasteiger partial charge in [0.2, 0.25) is 0 Å². The van der Waals surface area contributed by atoms with E-state index < -0.39 is 12.0 Å². The van der Waals surface area contributed by atoms with Crippen LogP contribution in [-0.2, 0) is 16.1 Å². The highest BCUT2D eigenvalue weighted by molar-refractivity contribution is 7.07. The molecule has 0 saturated carbocycles. The first-order valence-electron chi connectivity index (χ1n) is 14.2. The molecule has 5 rings (SSSR count). The maximum atomic E-state index is 14.2. The van der Waals surface area contributed by atoms with E-state index in [0.717, 1.165) is 12.0 Å². The first-order valence-corrected chi connectivity index (χ1v) is 15.8. The number of methoxy groups -OCH3 is 1. The molecular formula is C34H29Cl2N3O5S. The number of halogens is 2. The highest BCUT2D eigenvalue weighted by Crippen LogP contribution is 2.38. The van der Waals surface area contributed by atoms with E-state index in [1.807, 2.05) is 19.1 Å². The maximum Gasteiger partial charge on any atom is 0.338 e. The molecule has 3 aromatic carbocycles. The van der Waals surface area contributed by atoms with Gasteiger partial charge in [-0.3, -0.25) is 9.36 Å². The number of nitrogens with zero attached hydrogens (tertiary/aromatic N) is 3. The minimum atomic E-state index is -0.885. The molecule has 0 N–H and O–H groups in total. The second-order valence-electron chi connectivity index (χ2n) is 10.1. The van der Waals surface area contributed by atoms with E-state index in [2.05, 4.69) is 6.07 Å². The lowest BCUT2D eigenvalue weighted by atomic mass is 9.93. The van der Waals surface area contributed by atoms with Gasteiger partial charge < -0.3 is 14.2 Å². The molecule has 8 nitrogen and oxygen atoms in total. The molecule has 0 fully saturated rings. The van der Waals surface area contributed by atoms with Crippen LogP contribution >= 0.6 is 34.5 Å². The molecule has 45 heavy (non-hydrogen) atoms. The Hall–Kier alpha value is -4.36. The summed E-state index contributed by atoms with van der Waals surface area (Å²) in [6.45, 7) is 4.13. The Kier molecular flexibility index (Phi) is 10.1. The fourth-order valence-corrected chi connectivity index (χ4v) is 6.45. The van der Waals surface area contributed by atoms with Gasteiger partial charge in [0, 0.05) is 21.2 Å². The molecule has 0 unspecified atom stereocenters. The summed E-state index contributed by atoms with van der Waals surface area (Å²) in [6, 6.07) is 18.6. The van der Waals surface area contributed by atoms with Gasteiger partial charge in [-0.15, -0.1) is 0 Å². The number of nitriles is 1. The second-order valence-corrected chi connectivity index (χ2v) is 12.0. The summed E-state index contributed by atoms with van der Waals surface area (Å²) in [5, 5.41) is 9.97. The number of hydrogen-bond donors (Lipinski definition) is 0. The lowest BCUT2D eigenvalue weighted by molar-refractivity contribution is -0.139. The van der Waals surface area contributed by atoms with Crippen molar-refractivity contribution in [2.75, 3.05) is 13.7 Å². The van der Waals surface area contributed by atoms with E-state index in [-0.39, 0.29) is 24.3 Å². The van der Waals surface area contributed by atoms with E-state index in [1.54, 1.807) is 61.5 Å². The number of rotatable bonds is 10. The average Bonchev–Trinajstić information content (AvgIpc) is 3.34. The van der Waals surface area contributed by atoms with Crippen molar-refractivity contribution in [2.45, 2.75) is 39.3 Å². The van der Waals surface area contributed by atoms with Crippen LogP contribution in [0.1, 0.15) is 55.0 Å². The third kappa shape index (κ3) is 6.84. The van der Waals surface area contributed by atoms with Crippen LogP contribution in [0.3, 0.4) is 0 Å². The fourth-order valence-electron chi connectivity index (χ4n) is 5.08. The van der Waals surface area contributed by atoms with E-state index >= 15 is 0 Å². The molecule has 1 atom stereocenters. The topological polar surface area (TPSA) is 103 Å². The maximum absolute atomic E-state index is 14.2. The normalized spacial score (nSPS) is 14.4. The number of fused-ring (bicyclic) bond motifs is 1. The van der Waals surface area contributed by atoms with Crippen LogP contribution in [0.2, 0.25) is 10.0 Å². The van der Waals surface area contributed by atoms with Crippen molar-refractivity contribution in [2.24, 2.45) is 4.99 Å². The summed E-state index contributed by atoms with van der Waals surface area (Å²) in [4.78, 5) is 33.0. The average molecular weight is 663 g/mol. The molecule has 1 aliphatic rings. The van der Waals surface area contributed by atoms with Crippen LogP contribution in [0.4, 0.5) is 0 Å². The van der Waals surface area contributed by atoms with Crippen LogP contribution in [0.25, 0.3) is 6.08 Å². The number of hydrogen-bond acceptors (Lipinski definition) is 8. The Morgan fingerprint density at radius 1 is 1.07 bits per heavy atom. The van der Waals surface area contributed by atoms with Crippen molar-refractivity contribution >= 4 is 46.6 Å². The minimum absolute atomic E-state index is 0.158. The zero-order chi connectivity index (χ0) is 32.1. The monoisotopic (exact) mass is 661 g/mol. The Bertz CT molecular complexity index is 2010. The molecule has 0 amide bonds. The molecule has 1 aliphatic heterocycles. The summed E-state index contributed by atoms with van der Waals surface area (Å²) in [6.07, 6.45) is 2.93. The Labute approximate surface area is 274 Å². The number of benzene rings is 3. The quantitative estimate of drug-likeness (QED) is 0.184. The molecule has 1 aromatic heterocycles. The van der Waals surface area contributed by atoms with Crippen molar-refractivity contribution in [1.82, 2.24) is 4.57 Å². The minimum Gasteiger partial charge on any atom is -0.496 e. The van der Waals surface area contributed by atoms with Crippen LogP contribution in [0, 0.1) is 11.3 Å². The standard InChI is InChI=1S/C34H29Cl2N3O5S/c1-4-6-26-30(33(41)43-5-2)31(25-17-24(36)12-14-28(25)42-3)39-32(40)29(45-34(39)38-26)16-22-15-23(35)11-13-27(22)44-19-21-9-7-20(18-37)8-10-21/h7-17,31H,4-6,19H2,1-3H3/b29-16+/t31-/m0/s1. The number of allylic oxidation sites excluding steroid dienone is 1. The Morgan fingerprint density at radius 2 is 1.78 bits per heavy atom. The Balaban J connectivity index is 1.67. The van der Waals surface area contributed by atoms with Crippen LogP contribution in [0.15, 0.2) is 81.7 Å². The Morgan fingerprint density at radius 3 is 2.44 bits per heavy atom. The molecule has 0 spiro atoms. The molecule has 0 saturated heterocycles. The summed E-state index contributed by atoms with van der Waals surface area (Å²) < 4.78 is 19.1. The van der Waals surface area contributed by atoms with Gasteiger partial charge in [0.25, 0.3) is 5.56 Å². The van der Waals surface area contributed by atoms with E-state index in [9.17, 15) is 9.59 Å². The number of carbonyl (C=O) groups is 1. The summed E-state index contributed by atoms with van der Waals surface area (Å²) in [7, 11) is 1.52. The lowest BCUT2D eigenvalue weighted by Crippen LogP contribution is -2.40. The van der Waals surface area contributed by atoms with E-state index in [4.69, 9.17) is 47.7 Å². The largest absolute Gasteiger partial charge is 0.496 e. The molecule has 0 radical (unpaired) electrons. The second kappa shape index (κ2) is 14.2. The summed E-state index contributed by atoms with van der Waals surface area (Å²) >= 11 is 14.0. The number of carbonyl (C=O) groups excluding carboxylic acids is 1. The van der Waals surface area contributed by atoms with Gasteiger partial charge in [0.15, 0.2) is 4.80 Å². The molecule has 0 bridgehead atoms. The van der Waals surface area contributed by atoms with Crippen molar-refractivity contribution < 1.29 is 19.0 Å². The molecule has 2 heterocycles. The zero-order valence-electron chi connectivity index (χ0n) is 24.8. The van der Waals surface area contributed by atoms with Gasteiger partial charge in [0.1, 0.15) is 24.1 Å². The summed E-state index contributed by atoms with van der Waals surface area (Å²) in [5.74, 6) is 0.424. The van der Waals surface area contributed by atoms with E-state index in [1.165, 1.54) is 23.0 Å². The molecule has 0 aliphatic carbocycles. The van der Waals surface area contributed by atoms with Crippen LogP contribution < -0.4 is 24.4 Å². The van der Waals surface area contributed by atoms with Gasteiger partial charge in [-0.05, 0) is 73.5 Å². The lowest BCUT2D eigenvalue weighted by Gasteiger charge is -2.27. The first-order chi connectivity index (χ1) is 21.8. The predicted octanol–water partition coefficient (Wildman–Crippen LogP) is 6.34. The van der Waals surface area contributed by atoms with Crippen molar-refractivity contribution in [3.8, 4) is 17.6 Å². The number of ether oxygens (including phenoxy) is 3. The van der Waals surface area contributed by atoms with Gasteiger partial charge in [-0.1, -0.05) is 60.0 Å².